The van der Waals surface area contributed by atoms with Crippen LogP contribution in [-0.4, -0.2) is 0 Å². The van der Waals surface area contributed by atoms with Crippen molar-refractivity contribution in [3.8, 4) is 0 Å². The van der Waals surface area contributed by atoms with Gasteiger partial charge in [-0.15, -0.1) is 0 Å². The van der Waals surface area contributed by atoms with E-state index in [1.54, 1.807) is 11.1 Å². The number of allylic oxidation sites excluding steroid dienone is 1. The van der Waals surface area contributed by atoms with Crippen molar-refractivity contribution >= 4 is 6.08 Å². The van der Waals surface area contributed by atoms with E-state index < -0.39 is 0 Å². The maximum absolute atomic E-state index is 2.32. The number of hydrogen-bond donors (Lipinski definition) is 0. The molecule has 0 spiro atoms. The van der Waals surface area contributed by atoms with Gasteiger partial charge in [-0.3, -0.25) is 0 Å². The third-order valence-electron chi connectivity index (χ3n) is 2.55. The van der Waals surface area contributed by atoms with Crippen molar-refractivity contribution in [3.63, 3.8) is 0 Å². The first-order valence-corrected chi connectivity index (χ1v) is 3.75. The number of hydrogen-bond acceptors (Lipinski definition) is 0. The third-order valence-corrected chi connectivity index (χ3v) is 2.55. The van der Waals surface area contributed by atoms with Gasteiger partial charge in [0.05, 0.1) is 0 Å². The summed E-state index contributed by atoms with van der Waals surface area (Å²) in [6.07, 6.45) is 5.84. The van der Waals surface area contributed by atoms with Crippen LogP contribution < -0.4 is 0 Å². The second-order valence-corrected chi connectivity index (χ2v) is 3.09. The topological polar surface area (TPSA) is 0 Å². The van der Waals surface area contributed by atoms with Gasteiger partial charge >= 0.3 is 0 Å². The van der Waals surface area contributed by atoms with Crippen molar-refractivity contribution < 1.29 is 0 Å². The van der Waals surface area contributed by atoms with Gasteiger partial charge in [0.1, 0.15) is 0 Å². The van der Waals surface area contributed by atoms with Crippen LogP contribution in [0.2, 0.25) is 0 Å². The Morgan fingerprint density at radius 3 is 3.20 bits per heavy atom. The fourth-order valence-electron chi connectivity index (χ4n) is 2.00. The molecular weight excluding hydrogens is 120 g/mol. The minimum atomic E-state index is 0.784. The van der Waals surface area contributed by atoms with Gasteiger partial charge in [-0.05, 0) is 23.1 Å². The van der Waals surface area contributed by atoms with Gasteiger partial charge in [0.15, 0.2) is 0 Å². The molecule has 10 heavy (non-hydrogen) atoms. The molecule has 3 rings (SSSR count). The van der Waals surface area contributed by atoms with Crippen LogP contribution in [0.1, 0.15) is 22.6 Å². The van der Waals surface area contributed by atoms with Crippen molar-refractivity contribution in [2.45, 2.75) is 12.3 Å². The molecular formula is C10H8. The first kappa shape index (κ1) is 4.73. The second-order valence-electron chi connectivity index (χ2n) is 3.09. The van der Waals surface area contributed by atoms with Gasteiger partial charge < -0.3 is 0 Å². The zero-order chi connectivity index (χ0) is 6.55. The lowest BCUT2D eigenvalue weighted by Crippen LogP contribution is -2.12. The molecule has 0 amide bonds. The maximum atomic E-state index is 2.32. The molecule has 0 radical (unpaired) electrons. The van der Waals surface area contributed by atoms with Crippen LogP contribution in [0, 0.1) is 0 Å². The summed E-state index contributed by atoms with van der Waals surface area (Å²) < 4.78 is 0. The van der Waals surface area contributed by atoms with Gasteiger partial charge in [-0.1, -0.05) is 30.4 Å². The maximum Gasteiger partial charge on any atom is 0.00704 e. The van der Waals surface area contributed by atoms with E-state index in [2.05, 4.69) is 30.4 Å². The normalized spacial score (nSPS) is 24.2. The van der Waals surface area contributed by atoms with Crippen LogP contribution in [0.5, 0.6) is 0 Å². The standard InChI is InChI=1S/C10H8/c1-2-7-4-5-9-6-8(3-1)10(7)9/h1-5,9H,6H2. The van der Waals surface area contributed by atoms with Crippen LogP contribution in [-0.2, 0) is 6.42 Å². The average Bonchev–Trinajstić information content (AvgIpc) is 2.25. The summed E-state index contributed by atoms with van der Waals surface area (Å²) in [7, 11) is 0. The molecule has 1 unspecified atom stereocenters. The minimum Gasteiger partial charge on any atom is -0.0760 e. The summed E-state index contributed by atoms with van der Waals surface area (Å²) in [6, 6.07) is 6.59. The quantitative estimate of drug-likeness (QED) is 0.503. The van der Waals surface area contributed by atoms with Crippen LogP contribution in [0.3, 0.4) is 0 Å². The molecule has 0 aliphatic heterocycles. The van der Waals surface area contributed by atoms with Gasteiger partial charge in [-0.2, -0.15) is 0 Å². The van der Waals surface area contributed by atoms with E-state index in [-0.39, 0.29) is 0 Å². The fourth-order valence-corrected chi connectivity index (χ4v) is 2.00. The zero-order valence-corrected chi connectivity index (χ0v) is 5.67. The largest absolute Gasteiger partial charge is 0.0760 e. The third kappa shape index (κ3) is 0.367. The first-order valence-electron chi connectivity index (χ1n) is 3.75. The molecule has 48 valence electrons. The number of benzene rings is 1. The predicted octanol–water partition coefficient (Wildman–Crippen LogP) is 2.35. The van der Waals surface area contributed by atoms with Crippen molar-refractivity contribution in [1.29, 1.82) is 0 Å². The van der Waals surface area contributed by atoms with Gasteiger partial charge in [0.2, 0.25) is 0 Å². The minimum absolute atomic E-state index is 0.784. The van der Waals surface area contributed by atoms with Gasteiger partial charge in [0.25, 0.3) is 0 Å². The Labute approximate surface area is 60.2 Å². The van der Waals surface area contributed by atoms with Crippen molar-refractivity contribution in [2.75, 3.05) is 0 Å². The molecule has 0 fully saturated rings. The summed E-state index contributed by atoms with van der Waals surface area (Å²) in [4.78, 5) is 0. The van der Waals surface area contributed by atoms with Crippen molar-refractivity contribution in [1.82, 2.24) is 0 Å². The predicted molar refractivity (Wildman–Crippen MR) is 41.9 cm³/mol. The Bertz CT molecular complexity index is 321. The van der Waals surface area contributed by atoms with Crippen molar-refractivity contribution in [3.05, 3.63) is 41.0 Å². The molecule has 1 aromatic carbocycles. The molecule has 2 aliphatic rings. The lowest BCUT2D eigenvalue weighted by molar-refractivity contribution is 0.745. The molecule has 0 aromatic heterocycles. The monoisotopic (exact) mass is 128 g/mol. The molecule has 0 nitrogen and oxygen atoms in total. The fraction of sp³-hybridized carbons (Fsp3) is 0.200. The van der Waals surface area contributed by atoms with Crippen LogP contribution >= 0.6 is 0 Å². The molecule has 1 aromatic rings. The highest BCUT2D eigenvalue weighted by Gasteiger charge is 2.28. The summed E-state index contributed by atoms with van der Waals surface area (Å²) >= 11 is 0. The van der Waals surface area contributed by atoms with Gasteiger partial charge in [-0.25, -0.2) is 0 Å². The Morgan fingerprint density at radius 1 is 1.30 bits per heavy atom. The highest BCUT2D eigenvalue weighted by molar-refractivity contribution is 5.68. The Hall–Kier alpha value is -1.04. The number of rotatable bonds is 0. The lowest BCUT2D eigenvalue weighted by Gasteiger charge is -2.25. The van der Waals surface area contributed by atoms with E-state index in [0.29, 0.717) is 0 Å². The summed E-state index contributed by atoms with van der Waals surface area (Å²) in [5.41, 5.74) is 4.61. The highest BCUT2D eigenvalue weighted by atomic mass is 14.3. The molecule has 0 N–H and O–H groups in total. The molecule has 0 saturated heterocycles. The van der Waals surface area contributed by atoms with Crippen LogP contribution in [0.4, 0.5) is 0 Å². The Kier molecular flexibility index (Phi) is 0.634. The van der Waals surface area contributed by atoms with E-state index in [1.807, 2.05) is 0 Å². The van der Waals surface area contributed by atoms with E-state index in [4.69, 9.17) is 0 Å². The van der Waals surface area contributed by atoms with Crippen LogP contribution in [0.25, 0.3) is 6.08 Å². The van der Waals surface area contributed by atoms with E-state index >= 15 is 0 Å². The Morgan fingerprint density at radius 2 is 2.30 bits per heavy atom. The molecule has 0 bridgehead atoms. The first-order chi connectivity index (χ1) is 4.95. The smallest absolute Gasteiger partial charge is 0.00704 e. The lowest BCUT2D eigenvalue weighted by atomic mass is 9.79. The molecule has 0 heteroatoms. The molecule has 0 saturated carbocycles. The SMILES string of the molecule is C1=CC2Cc3cccc1c32. The molecule has 1 atom stereocenters. The average molecular weight is 128 g/mol. The Balaban J connectivity index is 2.42. The molecule has 0 heterocycles. The highest BCUT2D eigenvalue weighted by Crippen LogP contribution is 2.43. The summed E-state index contributed by atoms with van der Waals surface area (Å²) in [5.74, 6) is 0.784. The van der Waals surface area contributed by atoms with E-state index in [0.717, 1.165) is 5.92 Å². The van der Waals surface area contributed by atoms with Gasteiger partial charge in [0, 0.05) is 5.92 Å². The van der Waals surface area contributed by atoms with E-state index in [9.17, 15) is 0 Å². The molecule has 2 aliphatic carbocycles. The van der Waals surface area contributed by atoms with E-state index in [1.165, 1.54) is 12.0 Å². The summed E-state index contributed by atoms with van der Waals surface area (Å²) in [6.45, 7) is 0. The second kappa shape index (κ2) is 1.34. The van der Waals surface area contributed by atoms with Crippen molar-refractivity contribution in [2.24, 2.45) is 0 Å². The summed E-state index contributed by atoms with van der Waals surface area (Å²) in [5, 5.41) is 0. The van der Waals surface area contributed by atoms with Crippen LogP contribution in [0.15, 0.2) is 24.3 Å². The zero-order valence-electron chi connectivity index (χ0n) is 5.67.